The maximum absolute atomic E-state index is 15.9. The molecule has 3 aliphatic rings. The Labute approximate surface area is 306 Å². The van der Waals surface area contributed by atoms with Crippen LogP contribution in [0.25, 0.3) is 22.2 Å². The topological polar surface area (TPSA) is 133 Å². The van der Waals surface area contributed by atoms with Crippen LogP contribution >= 0.6 is 0 Å². The van der Waals surface area contributed by atoms with Crippen molar-refractivity contribution in [1.82, 2.24) is 24.8 Å². The van der Waals surface area contributed by atoms with Gasteiger partial charge in [-0.15, -0.1) is 0 Å². The van der Waals surface area contributed by atoms with Crippen molar-refractivity contribution in [2.45, 2.75) is 31.9 Å². The predicted octanol–water partition coefficient (Wildman–Crippen LogP) is 4.34. The van der Waals surface area contributed by atoms with Gasteiger partial charge >= 0.3 is 5.97 Å². The molecular weight excluding hydrogens is 712 g/mol. The van der Waals surface area contributed by atoms with Crippen molar-refractivity contribution >= 4 is 45.1 Å². The fourth-order valence-electron chi connectivity index (χ4n) is 7.76. The second-order valence-electron chi connectivity index (χ2n) is 14.0. The first kappa shape index (κ1) is 36.8. The molecule has 0 bridgehead atoms. The number of halogens is 3. The van der Waals surface area contributed by atoms with Crippen LogP contribution in [-0.4, -0.2) is 122 Å². The minimum absolute atomic E-state index is 0.0128. The smallest absolute Gasteiger partial charge is 0.317 e. The lowest BCUT2D eigenvalue weighted by atomic mass is 9.95. The fourth-order valence-corrected chi connectivity index (χ4v) is 8.46. The minimum Gasteiger partial charge on any atom is -0.480 e. The molecule has 7 rings (SSSR count). The number of fused-ring (bicyclic) bond motifs is 1. The third kappa shape index (κ3) is 8.05. The Morgan fingerprint density at radius 1 is 0.925 bits per heavy atom. The molecule has 2 aromatic heterocycles. The average Bonchev–Trinajstić information content (AvgIpc) is 3.70. The SMILES string of the molecule is O=C(O)CN1CCCN(CC2CCN(c3ccc(-c4cnc5[nH]cc(C(=O)c6c(F)ccc(N(N7CC[C@@H](F)C7)[SH](=O)=O)c6F)c5c4)cc3)CC2)CC1. The van der Waals surface area contributed by atoms with Crippen LogP contribution in [0.15, 0.2) is 54.9 Å². The highest BCUT2D eigenvalue weighted by Crippen LogP contribution is 2.33. The van der Waals surface area contributed by atoms with E-state index in [1.54, 1.807) is 12.3 Å². The number of carboxylic acid groups (broad SMARTS) is 1. The fraction of sp³-hybridized carbons (Fsp3) is 0.432. The van der Waals surface area contributed by atoms with Crippen molar-refractivity contribution in [2.75, 3.05) is 74.8 Å². The molecule has 0 unspecified atom stereocenters. The summed E-state index contributed by atoms with van der Waals surface area (Å²) in [6, 6.07) is 11.5. The summed E-state index contributed by atoms with van der Waals surface area (Å²) < 4.78 is 69.8. The molecule has 3 aliphatic heterocycles. The normalized spacial score (nSPS) is 19.6. The number of piperidine rings is 1. The molecule has 282 valence electrons. The van der Waals surface area contributed by atoms with Gasteiger partial charge in [-0.3, -0.25) is 14.5 Å². The van der Waals surface area contributed by atoms with Crippen molar-refractivity contribution in [3.8, 4) is 11.1 Å². The minimum atomic E-state index is -3.47. The zero-order valence-corrected chi connectivity index (χ0v) is 30.0. The molecule has 0 aliphatic carbocycles. The molecule has 3 saturated heterocycles. The van der Waals surface area contributed by atoms with Gasteiger partial charge in [0.1, 0.15) is 23.3 Å². The Morgan fingerprint density at radius 3 is 2.36 bits per heavy atom. The first-order chi connectivity index (χ1) is 25.5. The highest BCUT2D eigenvalue weighted by Gasteiger charge is 2.33. The van der Waals surface area contributed by atoms with Crippen LogP contribution in [-0.2, 0) is 15.7 Å². The lowest BCUT2D eigenvalue weighted by Gasteiger charge is -2.36. The zero-order chi connectivity index (χ0) is 37.2. The van der Waals surface area contributed by atoms with Gasteiger partial charge in [-0.1, -0.05) is 12.1 Å². The number of carbonyl (C=O) groups is 2. The Kier molecular flexibility index (Phi) is 11.0. The highest BCUT2D eigenvalue weighted by molar-refractivity contribution is 7.73. The van der Waals surface area contributed by atoms with E-state index in [0.29, 0.717) is 26.9 Å². The molecule has 5 heterocycles. The number of rotatable bonds is 11. The number of nitrogens with one attached hydrogen (secondary N) is 1. The molecule has 0 saturated carbocycles. The maximum atomic E-state index is 15.9. The van der Waals surface area contributed by atoms with E-state index < -0.39 is 51.7 Å². The summed E-state index contributed by atoms with van der Waals surface area (Å²) in [7, 11) is -3.47. The van der Waals surface area contributed by atoms with E-state index in [9.17, 15) is 22.4 Å². The number of aromatic nitrogens is 2. The van der Waals surface area contributed by atoms with Crippen LogP contribution in [0.3, 0.4) is 0 Å². The number of carboxylic acids is 1. The molecule has 2 aromatic carbocycles. The summed E-state index contributed by atoms with van der Waals surface area (Å²) in [5.74, 6) is -3.71. The summed E-state index contributed by atoms with van der Waals surface area (Å²) in [4.78, 5) is 39.0. The second-order valence-corrected chi connectivity index (χ2v) is 14.9. The number of hydrogen-bond donors (Lipinski definition) is 3. The largest absolute Gasteiger partial charge is 0.480 e. The van der Waals surface area contributed by atoms with Crippen LogP contribution in [0.1, 0.15) is 41.6 Å². The number of aliphatic carboxylic acids is 1. The molecule has 2 N–H and O–H groups in total. The second kappa shape index (κ2) is 15.8. The number of hydrogen-bond acceptors (Lipinski definition) is 9. The summed E-state index contributed by atoms with van der Waals surface area (Å²) in [5.41, 5.74) is 1.43. The number of H-pyrrole nitrogens is 1. The van der Waals surface area contributed by atoms with Gasteiger partial charge in [-0.2, -0.15) is 4.41 Å². The molecule has 3 fully saturated rings. The van der Waals surface area contributed by atoms with Crippen molar-refractivity contribution < 1.29 is 36.3 Å². The van der Waals surface area contributed by atoms with E-state index in [1.807, 2.05) is 29.2 Å². The maximum Gasteiger partial charge on any atom is 0.317 e. The Bertz CT molecular complexity index is 2050. The summed E-state index contributed by atoms with van der Waals surface area (Å²) in [6.45, 7) is 6.19. The van der Waals surface area contributed by atoms with Gasteiger partial charge < -0.3 is 19.9 Å². The lowest BCUT2D eigenvalue weighted by Crippen LogP contribution is -2.41. The molecular formula is C37H42F3N7O5S. The summed E-state index contributed by atoms with van der Waals surface area (Å²) in [6.07, 6.45) is 4.83. The Balaban J connectivity index is 1.03. The van der Waals surface area contributed by atoms with Gasteiger partial charge in [0.2, 0.25) is 16.7 Å². The van der Waals surface area contributed by atoms with Crippen molar-refractivity contribution in [2.24, 2.45) is 5.92 Å². The molecule has 0 spiro atoms. The van der Waals surface area contributed by atoms with Gasteiger partial charge in [-0.05, 0) is 74.0 Å². The van der Waals surface area contributed by atoms with Gasteiger partial charge in [0, 0.05) is 80.4 Å². The third-order valence-corrected chi connectivity index (χ3v) is 11.3. The first-order valence-electron chi connectivity index (χ1n) is 17.9. The zero-order valence-electron chi connectivity index (χ0n) is 29.1. The number of benzene rings is 2. The van der Waals surface area contributed by atoms with E-state index in [2.05, 4.69) is 19.8 Å². The van der Waals surface area contributed by atoms with E-state index in [0.717, 1.165) is 93.5 Å². The first-order valence-corrected chi connectivity index (χ1v) is 19.0. The van der Waals surface area contributed by atoms with Gasteiger partial charge in [-0.25, -0.2) is 31.6 Å². The van der Waals surface area contributed by atoms with E-state index >= 15 is 8.78 Å². The van der Waals surface area contributed by atoms with Crippen molar-refractivity contribution in [3.63, 3.8) is 0 Å². The van der Waals surface area contributed by atoms with E-state index in [-0.39, 0.29) is 31.6 Å². The van der Waals surface area contributed by atoms with Crippen LogP contribution in [0, 0.1) is 17.6 Å². The lowest BCUT2D eigenvalue weighted by molar-refractivity contribution is -0.138. The monoisotopic (exact) mass is 753 g/mol. The number of nitrogens with zero attached hydrogens (tertiary/aromatic N) is 6. The Hall–Kier alpha value is -4.51. The number of alkyl halides is 1. The molecule has 0 amide bonds. The number of aromatic amines is 1. The van der Waals surface area contributed by atoms with E-state index in [4.69, 9.17) is 5.11 Å². The predicted molar refractivity (Wildman–Crippen MR) is 195 cm³/mol. The number of ketones is 1. The summed E-state index contributed by atoms with van der Waals surface area (Å²) in [5, 5.41) is 10.6. The summed E-state index contributed by atoms with van der Waals surface area (Å²) >= 11 is 0. The molecule has 1 atom stereocenters. The molecule has 16 heteroatoms. The van der Waals surface area contributed by atoms with Gasteiger partial charge in [0.15, 0.2) is 5.82 Å². The molecule has 4 aromatic rings. The molecule has 0 radical (unpaired) electrons. The van der Waals surface area contributed by atoms with Crippen molar-refractivity contribution in [1.29, 1.82) is 0 Å². The van der Waals surface area contributed by atoms with Gasteiger partial charge in [0.05, 0.1) is 18.7 Å². The highest BCUT2D eigenvalue weighted by atomic mass is 32.2. The number of anilines is 2. The van der Waals surface area contributed by atoms with E-state index in [1.165, 1.54) is 6.20 Å². The molecule has 12 nitrogen and oxygen atoms in total. The van der Waals surface area contributed by atoms with Crippen LogP contribution in [0.5, 0.6) is 0 Å². The third-order valence-electron chi connectivity index (χ3n) is 10.6. The number of thiol groups is 1. The number of pyridine rings is 1. The average molecular weight is 754 g/mol. The molecule has 53 heavy (non-hydrogen) atoms. The Morgan fingerprint density at radius 2 is 1.66 bits per heavy atom. The van der Waals surface area contributed by atoms with Crippen LogP contribution < -0.4 is 9.31 Å². The quantitative estimate of drug-likeness (QED) is 0.150. The standard InChI is InChI=1S/C37H42F3N7O5S/c38-27-10-15-46(22-27)47(53(51)52)32-7-6-31(39)34(35(32)40)36(50)30-20-42-37-29(30)18-26(19-41-37)25-2-4-28(5-3-25)45-13-8-24(9-14-45)21-43-11-1-12-44(17-16-43)23-33(48)49/h2-7,18-20,24,27,53H,1,8-17,21-23H2,(H,41,42)(H,48,49)/t27-/m1/s1. The van der Waals surface area contributed by atoms with Gasteiger partial charge in [0.25, 0.3) is 0 Å². The van der Waals surface area contributed by atoms with Crippen LogP contribution in [0.4, 0.5) is 24.5 Å². The number of hydrazine groups is 1. The number of carbonyl (C=O) groups excluding carboxylic acids is 1. The van der Waals surface area contributed by atoms with Crippen LogP contribution in [0.2, 0.25) is 0 Å². The van der Waals surface area contributed by atoms with Crippen molar-refractivity contribution in [3.05, 3.63) is 77.6 Å².